The molecule has 1 fully saturated rings. The Kier molecular flexibility index (Phi) is 2.60. The number of carbonyl (C=O) groups is 1. The molecule has 1 aliphatic heterocycles. The second-order valence-corrected chi connectivity index (χ2v) is 4.24. The molecule has 0 amide bonds. The lowest BCUT2D eigenvalue weighted by Crippen LogP contribution is -2.25. The van der Waals surface area contributed by atoms with E-state index in [9.17, 15) is 4.79 Å². The van der Waals surface area contributed by atoms with Crippen molar-refractivity contribution in [1.82, 2.24) is 14.6 Å². The predicted molar refractivity (Wildman–Crippen MR) is 60.9 cm³/mol. The molecule has 2 aromatic heterocycles. The second kappa shape index (κ2) is 4.25. The first-order chi connectivity index (χ1) is 8.36. The van der Waals surface area contributed by atoms with Crippen LogP contribution in [-0.4, -0.2) is 33.6 Å². The molecule has 1 saturated heterocycles. The van der Waals surface area contributed by atoms with Crippen molar-refractivity contribution in [2.75, 3.05) is 13.2 Å². The molecule has 88 valence electrons. The molecule has 3 heterocycles. The van der Waals surface area contributed by atoms with Gasteiger partial charge in [0.15, 0.2) is 5.78 Å². The Morgan fingerprint density at radius 3 is 3.24 bits per heavy atom. The number of rotatable bonds is 2. The SMILES string of the molecule is O=C(c1cnn2ccncc12)C1CCCOC1. The molecule has 0 spiro atoms. The van der Waals surface area contributed by atoms with Crippen molar-refractivity contribution >= 4 is 11.3 Å². The molecule has 0 aromatic carbocycles. The Labute approximate surface area is 98.4 Å². The molecule has 1 unspecified atom stereocenters. The van der Waals surface area contributed by atoms with Gasteiger partial charge in [-0.05, 0) is 12.8 Å². The summed E-state index contributed by atoms with van der Waals surface area (Å²) in [5, 5.41) is 4.15. The van der Waals surface area contributed by atoms with Crippen LogP contribution in [0.3, 0.4) is 0 Å². The summed E-state index contributed by atoms with van der Waals surface area (Å²) in [4.78, 5) is 16.3. The average molecular weight is 231 g/mol. The molecule has 0 saturated carbocycles. The first kappa shape index (κ1) is 10.4. The number of ketones is 1. The summed E-state index contributed by atoms with van der Waals surface area (Å²) in [6, 6.07) is 0. The number of ether oxygens (including phenoxy) is 1. The van der Waals surface area contributed by atoms with Gasteiger partial charge in [-0.15, -0.1) is 0 Å². The van der Waals surface area contributed by atoms with Crippen LogP contribution in [-0.2, 0) is 4.74 Å². The quantitative estimate of drug-likeness (QED) is 0.732. The highest BCUT2D eigenvalue weighted by Gasteiger charge is 2.25. The van der Waals surface area contributed by atoms with Crippen LogP contribution in [0.15, 0.2) is 24.8 Å². The van der Waals surface area contributed by atoms with E-state index in [2.05, 4.69) is 10.1 Å². The Balaban J connectivity index is 1.95. The van der Waals surface area contributed by atoms with Crippen molar-refractivity contribution in [3.63, 3.8) is 0 Å². The number of Topliss-reactive ketones (excluding diaryl/α,β-unsaturated/α-hetero) is 1. The molecule has 0 radical (unpaired) electrons. The summed E-state index contributed by atoms with van der Waals surface area (Å²) < 4.78 is 7.02. The summed E-state index contributed by atoms with van der Waals surface area (Å²) in [6.07, 6.45) is 8.53. The number of nitrogens with zero attached hydrogens (tertiary/aromatic N) is 3. The Morgan fingerprint density at radius 2 is 2.41 bits per heavy atom. The number of hydrogen-bond donors (Lipinski definition) is 0. The number of carbonyl (C=O) groups excluding carboxylic acids is 1. The molecule has 5 heteroatoms. The van der Waals surface area contributed by atoms with Gasteiger partial charge in [0.25, 0.3) is 0 Å². The highest BCUT2D eigenvalue weighted by atomic mass is 16.5. The lowest BCUT2D eigenvalue weighted by molar-refractivity contribution is 0.0462. The first-order valence-corrected chi connectivity index (χ1v) is 5.75. The largest absolute Gasteiger partial charge is 0.381 e. The van der Waals surface area contributed by atoms with Crippen molar-refractivity contribution in [2.45, 2.75) is 12.8 Å². The minimum atomic E-state index is -0.0306. The van der Waals surface area contributed by atoms with Gasteiger partial charge >= 0.3 is 0 Å². The van der Waals surface area contributed by atoms with Crippen LogP contribution < -0.4 is 0 Å². The van der Waals surface area contributed by atoms with E-state index >= 15 is 0 Å². The van der Waals surface area contributed by atoms with Gasteiger partial charge in [-0.25, -0.2) is 4.52 Å². The Morgan fingerprint density at radius 1 is 1.47 bits per heavy atom. The van der Waals surface area contributed by atoms with Gasteiger partial charge in [0, 0.05) is 24.9 Å². The van der Waals surface area contributed by atoms with Gasteiger partial charge < -0.3 is 4.74 Å². The Bertz CT molecular complexity index is 543. The van der Waals surface area contributed by atoms with Crippen LogP contribution in [0.2, 0.25) is 0 Å². The topological polar surface area (TPSA) is 56.5 Å². The van der Waals surface area contributed by atoms with Crippen molar-refractivity contribution < 1.29 is 9.53 Å². The standard InChI is InChI=1S/C12H13N3O2/c16-12(9-2-1-5-17-8-9)10-6-14-15-4-3-13-7-11(10)15/h3-4,6-7,9H,1-2,5,8H2. The number of hydrogen-bond acceptors (Lipinski definition) is 4. The molecule has 17 heavy (non-hydrogen) atoms. The monoisotopic (exact) mass is 231 g/mol. The highest BCUT2D eigenvalue weighted by molar-refractivity contribution is 6.03. The molecular formula is C12H13N3O2. The Hall–Kier alpha value is -1.75. The summed E-state index contributed by atoms with van der Waals surface area (Å²) in [6.45, 7) is 1.29. The van der Waals surface area contributed by atoms with Gasteiger partial charge in [0.1, 0.15) is 0 Å². The molecule has 0 bridgehead atoms. The maximum Gasteiger partial charge on any atom is 0.172 e. The molecule has 1 aliphatic rings. The third-order valence-corrected chi connectivity index (χ3v) is 3.12. The van der Waals surface area contributed by atoms with Crippen molar-refractivity contribution in [3.8, 4) is 0 Å². The lowest BCUT2D eigenvalue weighted by atomic mass is 9.93. The molecule has 0 aliphatic carbocycles. The number of fused-ring (bicyclic) bond motifs is 1. The fourth-order valence-electron chi connectivity index (χ4n) is 2.19. The van der Waals surface area contributed by atoms with Crippen LogP contribution in [0, 0.1) is 5.92 Å². The summed E-state index contributed by atoms with van der Waals surface area (Å²) in [5.74, 6) is 0.0876. The van der Waals surface area contributed by atoms with E-state index in [1.165, 1.54) is 0 Å². The maximum absolute atomic E-state index is 12.3. The first-order valence-electron chi connectivity index (χ1n) is 5.75. The highest BCUT2D eigenvalue weighted by Crippen LogP contribution is 2.21. The van der Waals surface area contributed by atoms with Crippen molar-refractivity contribution in [1.29, 1.82) is 0 Å². The van der Waals surface area contributed by atoms with E-state index in [1.54, 1.807) is 29.3 Å². The molecule has 0 N–H and O–H groups in total. The summed E-state index contributed by atoms with van der Waals surface area (Å²) in [7, 11) is 0. The summed E-state index contributed by atoms with van der Waals surface area (Å²) in [5.41, 5.74) is 1.41. The van der Waals surface area contributed by atoms with Crippen LogP contribution in [0.5, 0.6) is 0 Å². The lowest BCUT2D eigenvalue weighted by Gasteiger charge is -2.20. The van der Waals surface area contributed by atoms with Gasteiger partial charge in [0.05, 0.1) is 30.1 Å². The minimum Gasteiger partial charge on any atom is -0.381 e. The third-order valence-electron chi connectivity index (χ3n) is 3.12. The smallest absolute Gasteiger partial charge is 0.172 e. The zero-order chi connectivity index (χ0) is 11.7. The fraction of sp³-hybridized carbons (Fsp3) is 0.417. The number of aromatic nitrogens is 3. The average Bonchev–Trinajstić information content (AvgIpc) is 2.83. The molecule has 1 atom stereocenters. The van der Waals surface area contributed by atoms with E-state index in [1.807, 2.05) is 0 Å². The van der Waals surface area contributed by atoms with Gasteiger partial charge in [-0.1, -0.05) is 0 Å². The van der Waals surface area contributed by atoms with Gasteiger partial charge in [-0.3, -0.25) is 9.78 Å². The van der Waals surface area contributed by atoms with Crippen LogP contribution in [0.25, 0.3) is 5.52 Å². The molecule has 2 aromatic rings. The fourth-order valence-corrected chi connectivity index (χ4v) is 2.19. The van der Waals surface area contributed by atoms with Crippen molar-refractivity contribution in [2.24, 2.45) is 5.92 Å². The summed E-state index contributed by atoms with van der Waals surface area (Å²) >= 11 is 0. The van der Waals surface area contributed by atoms with E-state index in [0.29, 0.717) is 12.2 Å². The van der Waals surface area contributed by atoms with Crippen LogP contribution in [0.4, 0.5) is 0 Å². The van der Waals surface area contributed by atoms with E-state index in [4.69, 9.17) is 4.74 Å². The van der Waals surface area contributed by atoms with Crippen molar-refractivity contribution in [3.05, 3.63) is 30.4 Å². The van der Waals surface area contributed by atoms with Crippen LogP contribution in [0.1, 0.15) is 23.2 Å². The maximum atomic E-state index is 12.3. The normalized spacial score (nSPS) is 20.6. The molecule has 3 rings (SSSR count). The van der Waals surface area contributed by atoms with E-state index in [-0.39, 0.29) is 11.7 Å². The molecule has 5 nitrogen and oxygen atoms in total. The van der Waals surface area contributed by atoms with Crippen LogP contribution >= 0.6 is 0 Å². The predicted octanol–water partition coefficient (Wildman–Crippen LogP) is 1.34. The van der Waals surface area contributed by atoms with E-state index in [0.717, 1.165) is 25.0 Å². The van der Waals surface area contributed by atoms with E-state index < -0.39 is 0 Å². The zero-order valence-electron chi connectivity index (χ0n) is 9.37. The van der Waals surface area contributed by atoms with Gasteiger partial charge in [-0.2, -0.15) is 5.10 Å². The minimum absolute atomic E-state index is 0.0306. The van der Waals surface area contributed by atoms with Gasteiger partial charge in [0.2, 0.25) is 0 Å². The second-order valence-electron chi connectivity index (χ2n) is 4.24. The molecular weight excluding hydrogens is 218 g/mol. The third kappa shape index (κ3) is 1.82. The zero-order valence-corrected chi connectivity index (χ0v) is 9.37.